The number of hydrogen-bond donors (Lipinski definition) is 1. The minimum absolute atomic E-state index is 0.0296. The lowest BCUT2D eigenvalue weighted by Crippen LogP contribution is -2.48. The van der Waals surface area contributed by atoms with E-state index >= 15 is 0 Å². The molecule has 0 bridgehead atoms. The number of H-pyrrole nitrogens is 1. The fraction of sp³-hybridized carbons (Fsp3) is 0.375. The highest BCUT2D eigenvalue weighted by atomic mass is 16.5. The summed E-state index contributed by atoms with van der Waals surface area (Å²) in [7, 11) is 1.66. The smallest absolute Gasteiger partial charge is 0.223 e. The van der Waals surface area contributed by atoms with Gasteiger partial charge in [0.1, 0.15) is 5.75 Å². The third-order valence-corrected chi connectivity index (χ3v) is 5.67. The van der Waals surface area contributed by atoms with E-state index in [-0.39, 0.29) is 24.0 Å². The molecule has 1 N–H and O–H groups in total. The topological polar surface area (TPSA) is 54.6 Å². The van der Waals surface area contributed by atoms with Gasteiger partial charge in [-0.1, -0.05) is 30.3 Å². The summed E-state index contributed by atoms with van der Waals surface area (Å²) < 4.78 is 11.1. The first-order chi connectivity index (χ1) is 14.0. The number of aromatic amines is 1. The van der Waals surface area contributed by atoms with E-state index in [1.165, 1.54) is 0 Å². The average molecular weight is 392 g/mol. The molecule has 3 aromatic rings. The molecular formula is C24H28N2O3. The second kappa shape index (κ2) is 8.29. The summed E-state index contributed by atoms with van der Waals surface area (Å²) in [6, 6.07) is 16.3. The molecule has 1 aliphatic rings. The number of fused-ring (bicyclic) bond motifs is 1. The monoisotopic (exact) mass is 392 g/mol. The SMILES string of the molecule is COc1ccc([C@H](CC(=O)N2C[C@@H](C)O[C@H](C)C2)c2c[nH]c3ccccc23)cc1. The summed E-state index contributed by atoms with van der Waals surface area (Å²) in [6.45, 7) is 5.34. The van der Waals surface area contributed by atoms with Crippen LogP contribution in [0.25, 0.3) is 10.9 Å². The Balaban J connectivity index is 1.67. The van der Waals surface area contributed by atoms with Gasteiger partial charge in [0.15, 0.2) is 0 Å². The number of nitrogens with zero attached hydrogens (tertiary/aromatic N) is 1. The summed E-state index contributed by atoms with van der Waals surface area (Å²) >= 11 is 0. The Morgan fingerprint density at radius 2 is 1.83 bits per heavy atom. The molecule has 5 heteroatoms. The van der Waals surface area contributed by atoms with E-state index in [1.54, 1.807) is 7.11 Å². The number of carbonyl (C=O) groups is 1. The lowest BCUT2D eigenvalue weighted by Gasteiger charge is -2.36. The van der Waals surface area contributed by atoms with Crippen molar-refractivity contribution < 1.29 is 14.3 Å². The molecule has 5 nitrogen and oxygen atoms in total. The van der Waals surface area contributed by atoms with Gasteiger partial charge in [-0.05, 0) is 43.2 Å². The zero-order valence-corrected chi connectivity index (χ0v) is 17.2. The van der Waals surface area contributed by atoms with Gasteiger partial charge in [-0.3, -0.25) is 4.79 Å². The number of nitrogens with one attached hydrogen (secondary N) is 1. The van der Waals surface area contributed by atoms with E-state index in [9.17, 15) is 4.79 Å². The predicted molar refractivity (Wildman–Crippen MR) is 114 cm³/mol. The van der Waals surface area contributed by atoms with Crippen molar-refractivity contribution in [1.29, 1.82) is 0 Å². The maximum atomic E-state index is 13.3. The summed E-state index contributed by atoms with van der Waals surface area (Å²) in [5, 5.41) is 1.16. The molecule has 0 spiro atoms. The highest BCUT2D eigenvalue weighted by molar-refractivity contribution is 5.86. The Hall–Kier alpha value is -2.79. The lowest BCUT2D eigenvalue weighted by atomic mass is 9.87. The van der Waals surface area contributed by atoms with Gasteiger partial charge in [0.2, 0.25) is 5.91 Å². The van der Waals surface area contributed by atoms with E-state index in [0.29, 0.717) is 19.5 Å². The normalized spacial score (nSPS) is 20.6. The van der Waals surface area contributed by atoms with Crippen molar-refractivity contribution in [3.8, 4) is 5.75 Å². The molecule has 2 heterocycles. The van der Waals surface area contributed by atoms with Crippen LogP contribution in [0.2, 0.25) is 0 Å². The minimum atomic E-state index is -0.0296. The first-order valence-corrected chi connectivity index (χ1v) is 10.2. The van der Waals surface area contributed by atoms with Crippen molar-refractivity contribution >= 4 is 16.8 Å². The van der Waals surface area contributed by atoms with Gasteiger partial charge in [0.05, 0.1) is 19.3 Å². The number of benzene rings is 2. The molecule has 0 radical (unpaired) electrons. The molecule has 0 unspecified atom stereocenters. The van der Waals surface area contributed by atoms with Crippen molar-refractivity contribution in [2.45, 2.75) is 38.4 Å². The van der Waals surface area contributed by atoms with Crippen LogP contribution >= 0.6 is 0 Å². The molecular weight excluding hydrogens is 364 g/mol. The highest BCUT2D eigenvalue weighted by Gasteiger charge is 2.29. The quantitative estimate of drug-likeness (QED) is 0.703. The van der Waals surface area contributed by atoms with E-state index in [0.717, 1.165) is 27.8 Å². The van der Waals surface area contributed by atoms with Crippen LogP contribution in [0.15, 0.2) is 54.7 Å². The Bertz CT molecular complexity index is 969. The number of rotatable bonds is 5. The van der Waals surface area contributed by atoms with Crippen LogP contribution in [0, 0.1) is 0 Å². The first kappa shape index (κ1) is 19.5. The molecule has 152 valence electrons. The molecule has 1 aromatic heterocycles. The molecule has 3 atom stereocenters. The lowest BCUT2D eigenvalue weighted by molar-refractivity contribution is -0.143. The van der Waals surface area contributed by atoms with E-state index in [2.05, 4.69) is 29.2 Å². The molecule has 29 heavy (non-hydrogen) atoms. The Morgan fingerprint density at radius 3 is 2.52 bits per heavy atom. The fourth-order valence-electron chi connectivity index (χ4n) is 4.31. The van der Waals surface area contributed by atoms with E-state index in [4.69, 9.17) is 9.47 Å². The van der Waals surface area contributed by atoms with Gasteiger partial charge in [-0.25, -0.2) is 0 Å². The van der Waals surface area contributed by atoms with Crippen LogP contribution in [0.4, 0.5) is 0 Å². The molecule has 0 aliphatic carbocycles. The number of amides is 1. The summed E-state index contributed by atoms with van der Waals surface area (Å²) in [5.41, 5.74) is 3.34. The summed E-state index contributed by atoms with van der Waals surface area (Å²) in [4.78, 5) is 18.6. The van der Waals surface area contributed by atoms with Crippen LogP contribution in [0.1, 0.15) is 37.3 Å². The molecule has 1 amide bonds. The van der Waals surface area contributed by atoms with Crippen molar-refractivity contribution in [3.05, 3.63) is 65.9 Å². The maximum absolute atomic E-state index is 13.3. The number of methoxy groups -OCH3 is 1. The Kier molecular flexibility index (Phi) is 5.58. The van der Waals surface area contributed by atoms with Gasteiger partial charge >= 0.3 is 0 Å². The molecule has 1 fully saturated rings. The molecule has 1 aliphatic heterocycles. The van der Waals surface area contributed by atoms with Gasteiger partial charge in [-0.2, -0.15) is 0 Å². The van der Waals surface area contributed by atoms with Crippen LogP contribution in [-0.4, -0.2) is 48.2 Å². The third kappa shape index (κ3) is 4.15. The van der Waals surface area contributed by atoms with Gasteiger partial charge < -0.3 is 19.4 Å². The standard InChI is InChI=1S/C24H28N2O3/c1-16-14-26(15-17(2)29-16)24(27)12-21(18-8-10-19(28-3)11-9-18)22-13-25-23-7-5-4-6-20(22)23/h4-11,13,16-17,21,25H,12,14-15H2,1-3H3/t16-,17-,21+/m1/s1. The molecule has 4 rings (SSSR count). The van der Waals surface area contributed by atoms with Crippen molar-refractivity contribution in [1.82, 2.24) is 9.88 Å². The zero-order chi connectivity index (χ0) is 20.4. The molecule has 2 aromatic carbocycles. The summed E-state index contributed by atoms with van der Waals surface area (Å²) in [5.74, 6) is 0.949. The molecule has 1 saturated heterocycles. The summed E-state index contributed by atoms with van der Waals surface area (Å²) in [6.07, 6.45) is 2.59. The Labute approximate surface area is 171 Å². The van der Waals surface area contributed by atoms with Crippen molar-refractivity contribution in [2.24, 2.45) is 0 Å². The molecule has 0 saturated carbocycles. The fourth-order valence-corrected chi connectivity index (χ4v) is 4.31. The van der Waals surface area contributed by atoms with E-state index < -0.39 is 0 Å². The highest BCUT2D eigenvalue weighted by Crippen LogP contribution is 2.35. The van der Waals surface area contributed by atoms with E-state index in [1.807, 2.05) is 49.2 Å². The Morgan fingerprint density at radius 1 is 1.14 bits per heavy atom. The number of ether oxygens (including phenoxy) is 2. The second-order valence-electron chi connectivity index (χ2n) is 7.88. The van der Waals surface area contributed by atoms with Crippen LogP contribution < -0.4 is 4.74 Å². The zero-order valence-electron chi connectivity index (χ0n) is 17.2. The first-order valence-electron chi connectivity index (χ1n) is 10.2. The average Bonchev–Trinajstić information content (AvgIpc) is 3.15. The van der Waals surface area contributed by atoms with Crippen LogP contribution in [0.5, 0.6) is 5.75 Å². The second-order valence-corrected chi connectivity index (χ2v) is 7.88. The number of hydrogen-bond acceptors (Lipinski definition) is 3. The third-order valence-electron chi connectivity index (χ3n) is 5.67. The van der Waals surface area contributed by atoms with Crippen molar-refractivity contribution in [3.63, 3.8) is 0 Å². The largest absolute Gasteiger partial charge is 0.497 e. The number of para-hydroxylation sites is 1. The van der Waals surface area contributed by atoms with Crippen LogP contribution in [0.3, 0.4) is 0 Å². The number of carbonyl (C=O) groups excluding carboxylic acids is 1. The maximum Gasteiger partial charge on any atom is 0.223 e. The number of aromatic nitrogens is 1. The van der Waals surface area contributed by atoms with Crippen molar-refractivity contribution in [2.75, 3.05) is 20.2 Å². The predicted octanol–water partition coefficient (Wildman–Crippen LogP) is 4.33. The van der Waals surface area contributed by atoms with Crippen LogP contribution in [-0.2, 0) is 9.53 Å². The number of morpholine rings is 1. The van der Waals surface area contributed by atoms with Gasteiger partial charge in [0, 0.05) is 42.5 Å². The van der Waals surface area contributed by atoms with Gasteiger partial charge in [0.25, 0.3) is 0 Å². The minimum Gasteiger partial charge on any atom is -0.497 e. The van der Waals surface area contributed by atoms with Gasteiger partial charge in [-0.15, -0.1) is 0 Å².